The SMILES string of the molecule is CC1CCSCCN1c1ccc(C#N)cn1. The second kappa shape index (κ2) is 5.22. The Hall–Kier alpha value is -1.21. The average Bonchev–Trinajstić information content (AvgIpc) is 2.54. The van der Waals surface area contributed by atoms with Crippen LogP contribution in [0.25, 0.3) is 0 Å². The first-order chi connectivity index (χ1) is 7.81. The first-order valence-electron chi connectivity index (χ1n) is 5.52. The van der Waals surface area contributed by atoms with Gasteiger partial charge in [0.15, 0.2) is 0 Å². The summed E-state index contributed by atoms with van der Waals surface area (Å²) in [4.78, 5) is 6.69. The zero-order valence-corrected chi connectivity index (χ0v) is 10.2. The minimum absolute atomic E-state index is 0.537. The number of nitrogens with zero attached hydrogens (tertiary/aromatic N) is 3. The summed E-state index contributed by atoms with van der Waals surface area (Å²) in [6, 6.07) is 6.42. The van der Waals surface area contributed by atoms with Gasteiger partial charge in [-0.2, -0.15) is 17.0 Å². The van der Waals surface area contributed by atoms with Crippen molar-refractivity contribution < 1.29 is 0 Å². The number of anilines is 1. The van der Waals surface area contributed by atoms with Crippen molar-refractivity contribution in [3.63, 3.8) is 0 Å². The largest absolute Gasteiger partial charge is 0.353 e. The summed E-state index contributed by atoms with van der Waals surface area (Å²) in [6.45, 7) is 3.29. The molecule has 1 unspecified atom stereocenters. The predicted octanol–water partition coefficient (Wildman–Crippen LogP) is 2.29. The van der Waals surface area contributed by atoms with Crippen molar-refractivity contribution in [1.29, 1.82) is 5.26 Å². The molecular weight excluding hydrogens is 218 g/mol. The van der Waals surface area contributed by atoms with Gasteiger partial charge in [0.05, 0.1) is 5.56 Å². The second-order valence-electron chi connectivity index (χ2n) is 3.96. The van der Waals surface area contributed by atoms with Crippen molar-refractivity contribution in [2.24, 2.45) is 0 Å². The van der Waals surface area contributed by atoms with Gasteiger partial charge in [-0.25, -0.2) is 4.98 Å². The van der Waals surface area contributed by atoms with Crippen LogP contribution in [0.3, 0.4) is 0 Å². The van der Waals surface area contributed by atoms with Crippen LogP contribution in [0.15, 0.2) is 18.3 Å². The third kappa shape index (κ3) is 2.48. The highest BCUT2D eigenvalue weighted by Gasteiger charge is 2.18. The van der Waals surface area contributed by atoms with Crippen molar-refractivity contribution in [2.75, 3.05) is 23.0 Å². The zero-order chi connectivity index (χ0) is 11.4. The number of nitriles is 1. The van der Waals surface area contributed by atoms with Gasteiger partial charge in [0.25, 0.3) is 0 Å². The van der Waals surface area contributed by atoms with Gasteiger partial charge in [-0.3, -0.25) is 0 Å². The Kier molecular flexibility index (Phi) is 3.68. The highest BCUT2D eigenvalue weighted by atomic mass is 32.2. The molecule has 1 aromatic heterocycles. The van der Waals surface area contributed by atoms with E-state index in [-0.39, 0.29) is 0 Å². The monoisotopic (exact) mass is 233 g/mol. The van der Waals surface area contributed by atoms with Crippen LogP contribution < -0.4 is 4.90 Å². The van der Waals surface area contributed by atoms with Gasteiger partial charge in [-0.05, 0) is 31.2 Å². The molecule has 0 aliphatic carbocycles. The topological polar surface area (TPSA) is 39.9 Å². The fourth-order valence-corrected chi connectivity index (χ4v) is 2.90. The smallest absolute Gasteiger partial charge is 0.128 e. The molecule has 0 spiro atoms. The molecule has 0 radical (unpaired) electrons. The number of rotatable bonds is 1. The molecule has 2 rings (SSSR count). The van der Waals surface area contributed by atoms with Gasteiger partial charge in [0.2, 0.25) is 0 Å². The van der Waals surface area contributed by atoms with E-state index in [1.807, 2.05) is 23.9 Å². The van der Waals surface area contributed by atoms with Gasteiger partial charge in [0, 0.05) is 24.5 Å². The van der Waals surface area contributed by atoms with Crippen LogP contribution in [0.4, 0.5) is 5.82 Å². The Morgan fingerprint density at radius 3 is 3.06 bits per heavy atom. The van der Waals surface area contributed by atoms with E-state index in [0.29, 0.717) is 11.6 Å². The molecule has 1 saturated heterocycles. The van der Waals surface area contributed by atoms with E-state index >= 15 is 0 Å². The molecule has 0 aromatic carbocycles. The summed E-state index contributed by atoms with van der Waals surface area (Å²) < 4.78 is 0. The van der Waals surface area contributed by atoms with Gasteiger partial charge in [-0.1, -0.05) is 0 Å². The van der Waals surface area contributed by atoms with Crippen LogP contribution in [0, 0.1) is 11.3 Å². The first-order valence-corrected chi connectivity index (χ1v) is 6.67. The molecule has 0 saturated carbocycles. The van der Waals surface area contributed by atoms with Gasteiger partial charge in [-0.15, -0.1) is 0 Å². The lowest BCUT2D eigenvalue weighted by molar-refractivity contribution is 0.638. The first kappa shape index (κ1) is 11.3. The third-order valence-corrected chi connectivity index (χ3v) is 3.86. The summed E-state index contributed by atoms with van der Waals surface area (Å²) in [5.41, 5.74) is 0.626. The van der Waals surface area contributed by atoms with E-state index in [4.69, 9.17) is 5.26 Å². The number of hydrogen-bond donors (Lipinski definition) is 0. The van der Waals surface area contributed by atoms with E-state index in [0.717, 1.165) is 18.1 Å². The number of hydrogen-bond acceptors (Lipinski definition) is 4. The van der Waals surface area contributed by atoms with Gasteiger partial charge in [0.1, 0.15) is 11.9 Å². The third-order valence-electron chi connectivity index (χ3n) is 2.86. The molecule has 1 fully saturated rings. The number of thioether (sulfide) groups is 1. The maximum atomic E-state index is 8.73. The van der Waals surface area contributed by atoms with Crippen LogP contribution in [0.2, 0.25) is 0 Å². The molecule has 2 heterocycles. The maximum absolute atomic E-state index is 8.73. The van der Waals surface area contributed by atoms with Crippen LogP contribution in [-0.4, -0.2) is 29.1 Å². The summed E-state index contributed by atoms with van der Waals surface area (Å²) in [6.07, 6.45) is 2.85. The fourth-order valence-electron chi connectivity index (χ4n) is 1.86. The summed E-state index contributed by atoms with van der Waals surface area (Å²) >= 11 is 2.00. The minimum atomic E-state index is 0.537. The minimum Gasteiger partial charge on any atom is -0.353 e. The molecule has 0 bridgehead atoms. The highest BCUT2D eigenvalue weighted by Crippen LogP contribution is 2.21. The van der Waals surface area contributed by atoms with Crippen LogP contribution in [-0.2, 0) is 0 Å². The Labute approximate surface area is 100 Å². The standard InChI is InChI=1S/C12H15N3S/c1-10-4-6-16-7-5-15(10)12-3-2-11(8-13)9-14-12/h2-3,9-10H,4-7H2,1H3. The molecule has 3 nitrogen and oxygen atoms in total. The molecule has 1 aliphatic heterocycles. The van der Waals surface area contributed by atoms with E-state index < -0.39 is 0 Å². The molecular formula is C12H15N3S. The van der Waals surface area contributed by atoms with E-state index in [1.165, 1.54) is 12.2 Å². The number of pyridine rings is 1. The van der Waals surface area contributed by atoms with Crippen molar-refractivity contribution >= 4 is 17.6 Å². The van der Waals surface area contributed by atoms with Crippen LogP contribution in [0.5, 0.6) is 0 Å². The molecule has 0 amide bonds. The number of aromatic nitrogens is 1. The fraction of sp³-hybridized carbons (Fsp3) is 0.500. The summed E-state index contributed by atoms with van der Waals surface area (Å²) in [5, 5.41) is 8.73. The van der Waals surface area contributed by atoms with Crippen molar-refractivity contribution in [2.45, 2.75) is 19.4 Å². The second-order valence-corrected chi connectivity index (χ2v) is 5.19. The quantitative estimate of drug-likeness (QED) is 0.746. The maximum Gasteiger partial charge on any atom is 0.128 e. The lowest BCUT2D eigenvalue weighted by Crippen LogP contribution is -2.34. The Balaban J connectivity index is 2.18. The van der Waals surface area contributed by atoms with Crippen molar-refractivity contribution in [3.8, 4) is 6.07 Å². The van der Waals surface area contributed by atoms with E-state index in [9.17, 15) is 0 Å². The molecule has 0 N–H and O–H groups in total. The van der Waals surface area contributed by atoms with Gasteiger partial charge < -0.3 is 4.90 Å². The van der Waals surface area contributed by atoms with E-state index in [1.54, 1.807) is 6.20 Å². The molecule has 84 valence electrons. The molecule has 1 aliphatic rings. The highest BCUT2D eigenvalue weighted by molar-refractivity contribution is 7.99. The lowest BCUT2D eigenvalue weighted by Gasteiger charge is -2.27. The molecule has 1 aromatic rings. The summed E-state index contributed by atoms with van der Waals surface area (Å²) in [5.74, 6) is 3.38. The Bertz CT molecular complexity index is 382. The predicted molar refractivity (Wildman–Crippen MR) is 67.7 cm³/mol. The zero-order valence-electron chi connectivity index (χ0n) is 9.39. The lowest BCUT2D eigenvalue weighted by atomic mass is 10.2. The van der Waals surface area contributed by atoms with Gasteiger partial charge >= 0.3 is 0 Å². The summed E-state index contributed by atoms with van der Waals surface area (Å²) in [7, 11) is 0. The van der Waals surface area contributed by atoms with Crippen molar-refractivity contribution in [3.05, 3.63) is 23.9 Å². The van der Waals surface area contributed by atoms with E-state index in [2.05, 4.69) is 22.9 Å². The molecule has 4 heteroatoms. The van der Waals surface area contributed by atoms with Crippen molar-refractivity contribution in [1.82, 2.24) is 4.98 Å². The Morgan fingerprint density at radius 1 is 1.50 bits per heavy atom. The average molecular weight is 233 g/mol. The van der Waals surface area contributed by atoms with Crippen LogP contribution >= 0.6 is 11.8 Å². The van der Waals surface area contributed by atoms with Crippen LogP contribution in [0.1, 0.15) is 18.9 Å². The molecule has 1 atom stereocenters. The Morgan fingerprint density at radius 2 is 2.38 bits per heavy atom. The normalized spacial score (nSPS) is 21.2. The molecule has 16 heavy (non-hydrogen) atoms.